The van der Waals surface area contributed by atoms with E-state index in [1.807, 2.05) is 12.1 Å². The summed E-state index contributed by atoms with van der Waals surface area (Å²) in [5.74, 6) is 0.0718. The van der Waals surface area contributed by atoms with Gasteiger partial charge in [-0.25, -0.2) is 4.98 Å². The smallest absolute Gasteiger partial charge is 0.0849 e. The SMILES string of the molecule is CC(=Nc1c(C)cc(C)cc1C(c1ccccc1)c1ccccc1)c1cccc(C(C)=Nc2c(C)cc(C)cc2C(c2ccccc2)c2ccccc2)n1. The number of rotatable bonds is 10. The molecular weight excluding hydrogens is 655 g/mol. The highest BCUT2D eigenvalue weighted by Gasteiger charge is 2.23. The molecule has 54 heavy (non-hydrogen) atoms. The van der Waals surface area contributed by atoms with E-state index in [-0.39, 0.29) is 11.8 Å². The van der Waals surface area contributed by atoms with Gasteiger partial charge in [-0.3, -0.25) is 9.98 Å². The summed E-state index contributed by atoms with van der Waals surface area (Å²) in [6.45, 7) is 12.8. The Kier molecular flexibility index (Phi) is 10.9. The van der Waals surface area contributed by atoms with E-state index in [2.05, 4.69) is 193 Å². The molecule has 0 aliphatic rings. The lowest BCUT2D eigenvalue weighted by molar-refractivity contribution is 0.969. The summed E-state index contributed by atoms with van der Waals surface area (Å²) in [7, 11) is 0. The van der Waals surface area contributed by atoms with Crippen molar-refractivity contribution in [3.8, 4) is 0 Å². The minimum Gasteiger partial charge on any atom is -0.251 e. The van der Waals surface area contributed by atoms with Crippen LogP contribution in [0, 0.1) is 27.7 Å². The van der Waals surface area contributed by atoms with Gasteiger partial charge in [-0.05, 0) is 98.2 Å². The molecule has 0 N–H and O–H groups in total. The van der Waals surface area contributed by atoms with Crippen molar-refractivity contribution in [2.75, 3.05) is 0 Å². The van der Waals surface area contributed by atoms with Gasteiger partial charge in [-0.15, -0.1) is 0 Å². The zero-order valence-corrected chi connectivity index (χ0v) is 32.1. The van der Waals surface area contributed by atoms with Gasteiger partial charge < -0.3 is 0 Å². The number of pyridine rings is 1. The van der Waals surface area contributed by atoms with E-state index < -0.39 is 0 Å². The zero-order valence-electron chi connectivity index (χ0n) is 32.1. The largest absolute Gasteiger partial charge is 0.251 e. The standard InChI is InChI=1S/C51H47N3/c1-34-30-36(3)50(44(32-34)48(40-20-11-7-12-21-40)41-22-13-8-14-23-41)52-38(5)46-28-19-29-47(54-46)39(6)53-51-37(4)31-35(2)33-45(51)49(42-24-15-9-16-25-42)43-26-17-10-18-27-43/h7-33,48-49H,1-6H3. The van der Waals surface area contributed by atoms with Crippen LogP contribution >= 0.6 is 0 Å². The quantitative estimate of drug-likeness (QED) is 0.103. The molecule has 7 rings (SSSR count). The van der Waals surface area contributed by atoms with E-state index in [0.29, 0.717) is 0 Å². The van der Waals surface area contributed by atoms with Gasteiger partial charge >= 0.3 is 0 Å². The van der Waals surface area contributed by atoms with Gasteiger partial charge in [-0.1, -0.05) is 163 Å². The number of hydrogen-bond donors (Lipinski definition) is 0. The number of benzene rings is 6. The zero-order chi connectivity index (χ0) is 37.6. The summed E-state index contributed by atoms with van der Waals surface area (Å²) in [5, 5.41) is 0. The molecule has 6 aromatic carbocycles. The van der Waals surface area contributed by atoms with E-state index in [1.165, 1.54) is 44.5 Å². The van der Waals surface area contributed by atoms with E-state index in [9.17, 15) is 0 Å². The molecule has 0 radical (unpaired) electrons. The number of hydrogen-bond acceptors (Lipinski definition) is 3. The van der Waals surface area contributed by atoms with Crippen molar-refractivity contribution in [1.29, 1.82) is 0 Å². The molecular formula is C51H47N3. The molecule has 0 unspecified atom stereocenters. The Hall–Kier alpha value is -6.19. The summed E-state index contributed by atoms with van der Waals surface area (Å²) in [6, 6.07) is 58.2. The molecule has 0 atom stereocenters. The summed E-state index contributed by atoms with van der Waals surface area (Å²) in [4.78, 5) is 15.9. The van der Waals surface area contributed by atoms with Crippen LogP contribution in [0.15, 0.2) is 174 Å². The Balaban J connectivity index is 1.30. The van der Waals surface area contributed by atoms with Gasteiger partial charge in [-0.2, -0.15) is 0 Å². The Labute approximate surface area is 320 Å². The molecule has 0 saturated carbocycles. The van der Waals surface area contributed by atoms with Crippen LogP contribution in [0.25, 0.3) is 0 Å². The third-order valence-corrected chi connectivity index (χ3v) is 10.2. The molecule has 266 valence electrons. The van der Waals surface area contributed by atoms with Gasteiger partial charge in [0.05, 0.1) is 34.2 Å². The van der Waals surface area contributed by atoms with Crippen molar-refractivity contribution in [2.45, 2.75) is 53.4 Å². The molecule has 0 fully saturated rings. The van der Waals surface area contributed by atoms with E-state index >= 15 is 0 Å². The molecule has 0 saturated heterocycles. The normalized spacial score (nSPS) is 12.1. The fourth-order valence-corrected chi connectivity index (χ4v) is 7.70. The van der Waals surface area contributed by atoms with Crippen molar-refractivity contribution in [2.24, 2.45) is 9.98 Å². The van der Waals surface area contributed by atoms with E-state index in [0.717, 1.165) is 45.3 Å². The maximum atomic E-state index is 5.37. The number of nitrogens with zero attached hydrogens (tertiary/aromatic N) is 3. The minimum atomic E-state index is 0.0359. The summed E-state index contributed by atoms with van der Waals surface area (Å²) in [5.41, 5.74) is 17.4. The van der Waals surface area contributed by atoms with Crippen LogP contribution in [-0.4, -0.2) is 16.4 Å². The predicted molar refractivity (Wildman–Crippen MR) is 227 cm³/mol. The Morgan fingerprint density at radius 1 is 0.407 bits per heavy atom. The number of aryl methyl sites for hydroxylation is 4. The van der Waals surface area contributed by atoms with Gasteiger partial charge in [0.15, 0.2) is 0 Å². The highest BCUT2D eigenvalue weighted by molar-refractivity contribution is 6.02. The Morgan fingerprint density at radius 2 is 0.722 bits per heavy atom. The molecule has 0 bridgehead atoms. The third kappa shape index (κ3) is 7.91. The lowest BCUT2D eigenvalue weighted by Gasteiger charge is -2.23. The van der Waals surface area contributed by atoms with Crippen LogP contribution < -0.4 is 0 Å². The monoisotopic (exact) mass is 701 g/mol. The van der Waals surface area contributed by atoms with Crippen LogP contribution in [0.5, 0.6) is 0 Å². The van der Waals surface area contributed by atoms with E-state index in [4.69, 9.17) is 15.0 Å². The highest BCUT2D eigenvalue weighted by Crippen LogP contribution is 2.41. The maximum Gasteiger partial charge on any atom is 0.0849 e. The lowest BCUT2D eigenvalue weighted by Crippen LogP contribution is -2.08. The van der Waals surface area contributed by atoms with Gasteiger partial charge in [0.2, 0.25) is 0 Å². The van der Waals surface area contributed by atoms with Crippen molar-refractivity contribution in [3.63, 3.8) is 0 Å². The first-order valence-corrected chi connectivity index (χ1v) is 18.8. The first kappa shape index (κ1) is 36.2. The maximum absolute atomic E-state index is 5.37. The van der Waals surface area contributed by atoms with Crippen molar-refractivity contribution in [3.05, 3.63) is 231 Å². The summed E-state index contributed by atoms with van der Waals surface area (Å²) in [6.07, 6.45) is 0. The molecule has 1 aromatic heterocycles. The first-order chi connectivity index (χ1) is 26.3. The Morgan fingerprint density at radius 3 is 1.04 bits per heavy atom. The van der Waals surface area contributed by atoms with Crippen molar-refractivity contribution >= 4 is 22.8 Å². The van der Waals surface area contributed by atoms with Crippen LogP contribution in [0.2, 0.25) is 0 Å². The molecule has 0 amide bonds. The van der Waals surface area contributed by atoms with Crippen LogP contribution in [0.4, 0.5) is 11.4 Å². The Bertz CT molecular complexity index is 2180. The number of aliphatic imine (C=N–C) groups is 2. The summed E-state index contributed by atoms with van der Waals surface area (Å²) >= 11 is 0. The van der Waals surface area contributed by atoms with Gasteiger partial charge in [0.25, 0.3) is 0 Å². The predicted octanol–water partition coefficient (Wildman–Crippen LogP) is 13.0. The second-order valence-electron chi connectivity index (χ2n) is 14.4. The average molecular weight is 702 g/mol. The minimum absolute atomic E-state index is 0.0359. The van der Waals surface area contributed by atoms with Crippen molar-refractivity contribution in [1.82, 2.24) is 4.98 Å². The summed E-state index contributed by atoms with van der Waals surface area (Å²) < 4.78 is 0. The first-order valence-electron chi connectivity index (χ1n) is 18.8. The molecule has 3 nitrogen and oxygen atoms in total. The fourth-order valence-electron chi connectivity index (χ4n) is 7.70. The van der Waals surface area contributed by atoms with Crippen LogP contribution in [-0.2, 0) is 0 Å². The molecule has 0 aliphatic heterocycles. The third-order valence-electron chi connectivity index (χ3n) is 10.2. The molecule has 3 heteroatoms. The van der Waals surface area contributed by atoms with E-state index in [1.54, 1.807) is 0 Å². The topological polar surface area (TPSA) is 37.6 Å². The number of aromatic nitrogens is 1. The second-order valence-corrected chi connectivity index (χ2v) is 14.4. The fraction of sp³-hybridized carbons (Fsp3) is 0.157. The van der Waals surface area contributed by atoms with Gasteiger partial charge in [0.1, 0.15) is 0 Å². The molecule has 0 aliphatic carbocycles. The van der Waals surface area contributed by atoms with Crippen LogP contribution in [0.1, 0.15) is 92.7 Å². The van der Waals surface area contributed by atoms with Crippen molar-refractivity contribution < 1.29 is 0 Å². The second kappa shape index (κ2) is 16.2. The molecule has 1 heterocycles. The molecule has 0 spiro atoms. The van der Waals surface area contributed by atoms with Gasteiger partial charge in [0, 0.05) is 11.8 Å². The molecule has 7 aromatic rings. The lowest BCUT2D eigenvalue weighted by atomic mass is 9.83. The average Bonchev–Trinajstić information content (AvgIpc) is 3.19. The van der Waals surface area contributed by atoms with Crippen LogP contribution in [0.3, 0.4) is 0 Å². The highest BCUT2D eigenvalue weighted by atomic mass is 14.8.